The molecule has 0 aromatic heterocycles. The fourth-order valence-electron chi connectivity index (χ4n) is 2.07. The minimum absolute atomic E-state index is 0. The number of halogens is 1. The van der Waals surface area contributed by atoms with E-state index in [2.05, 4.69) is 36.6 Å². The van der Waals surface area contributed by atoms with Crippen LogP contribution in [0.5, 0.6) is 0 Å². The fraction of sp³-hybridized carbons (Fsp3) is 0.500. The molecule has 0 bridgehead atoms. The van der Waals surface area contributed by atoms with Crippen molar-refractivity contribution in [1.29, 1.82) is 0 Å². The van der Waals surface area contributed by atoms with Gasteiger partial charge in [-0.2, -0.15) is 0 Å². The molecule has 4 heteroatoms. The average Bonchev–Trinajstić information content (AvgIpc) is 2.35. The second kappa shape index (κ2) is 6.76. The number of benzene rings is 1. The fourth-order valence-corrected chi connectivity index (χ4v) is 2.07. The largest absolute Gasteiger partial charge is 0.354 e. The highest BCUT2D eigenvalue weighted by molar-refractivity contribution is 5.85. The Labute approximate surface area is 115 Å². The van der Waals surface area contributed by atoms with Crippen LogP contribution in [-0.4, -0.2) is 18.5 Å². The van der Waals surface area contributed by atoms with E-state index in [9.17, 15) is 4.79 Å². The molecule has 3 nitrogen and oxygen atoms in total. The number of carbonyl (C=O) groups excluding carboxylic acids is 1. The van der Waals surface area contributed by atoms with Gasteiger partial charge in [0.2, 0.25) is 5.91 Å². The van der Waals surface area contributed by atoms with Gasteiger partial charge in [-0.05, 0) is 23.5 Å². The van der Waals surface area contributed by atoms with Crippen molar-refractivity contribution in [2.45, 2.75) is 32.9 Å². The number of fused-ring (bicyclic) bond motifs is 1. The highest BCUT2D eigenvalue weighted by Crippen LogP contribution is 2.16. The number of hydrogen-bond acceptors (Lipinski definition) is 2. The van der Waals surface area contributed by atoms with Gasteiger partial charge in [0.05, 0.1) is 6.04 Å². The molecule has 1 amide bonds. The zero-order valence-corrected chi connectivity index (χ0v) is 11.7. The van der Waals surface area contributed by atoms with Crippen LogP contribution in [0.15, 0.2) is 24.3 Å². The second-order valence-corrected chi connectivity index (χ2v) is 5.05. The van der Waals surface area contributed by atoms with E-state index in [1.54, 1.807) is 0 Å². The Morgan fingerprint density at radius 1 is 1.39 bits per heavy atom. The summed E-state index contributed by atoms with van der Waals surface area (Å²) in [5, 5.41) is 6.27. The van der Waals surface area contributed by atoms with Gasteiger partial charge in [-0.3, -0.25) is 4.79 Å². The van der Waals surface area contributed by atoms with Crippen LogP contribution in [0.2, 0.25) is 0 Å². The standard InChI is InChI=1S/C14H20N2O.ClH/c1-10(2)8-16-14(17)13-7-11-5-3-4-6-12(11)9-15-13;/h3-6,10,13,15H,7-9H2,1-2H3,(H,16,17);1H. The smallest absolute Gasteiger partial charge is 0.237 e. The molecule has 0 aliphatic carbocycles. The third-order valence-electron chi connectivity index (χ3n) is 3.08. The first-order valence-corrected chi connectivity index (χ1v) is 6.24. The summed E-state index contributed by atoms with van der Waals surface area (Å²) in [6, 6.07) is 8.22. The van der Waals surface area contributed by atoms with E-state index in [-0.39, 0.29) is 24.4 Å². The van der Waals surface area contributed by atoms with Crippen LogP contribution in [0.4, 0.5) is 0 Å². The quantitative estimate of drug-likeness (QED) is 0.879. The molecular formula is C14H21ClN2O. The van der Waals surface area contributed by atoms with Crippen molar-refractivity contribution >= 4 is 18.3 Å². The van der Waals surface area contributed by atoms with Gasteiger partial charge in [-0.25, -0.2) is 0 Å². The molecule has 1 aromatic carbocycles. The maximum Gasteiger partial charge on any atom is 0.237 e. The summed E-state index contributed by atoms with van der Waals surface area (Å²) in [4.78, 5) is 11.9. The summed E-state index contributed by atoms with van der Waals surface area (Å²) in [5.74, 6) is 0.614. The van der Waals surface area contributed by atoms with E-state index in [1.165, 1.54) is 11.1 Å². The Morgan fingerprint density at radius 3 is 2.72 bits per heavy atom. The van der Waals surface area contributed by atoms with E-state index in [4.69, 9.17) is 0 Å². The number of nitrogens with one attached hydrogen (secondary N) is 2. The lowest BCUT2D eigenvalue weighted by Gasteiger charge is -2.25. The molecule has 1 aromatic rings. The topological polar surface area (TPSA) is 41.1 Å². The number of carbonyl (C=O) groups is 1. The SMILES string of the molecule is CC(C)CNC(=O)C1Cc2ccccc2CN1.Cl. The molecule has 1 heterocycles. The summed E-state index contributed by atoms with van der Waals surface area (Å²) >= 11 is 0. The van der Waals surface area contributed by atoms with Crippen molar-refractivity contribution in [2.24, 2.45) is 5.92 Å². The third-order valence-corrected chi connectivity index (χ3v) is 3.08. The molecule has 0 saturated carbocycles. The molecule has 2 N–H and O–H groups in total. The summed E-state index contributed by atoms with van der Waals surface area (Å²) in [6.45, 7) is 5.74. The Morgan fingerprint density at radius 2 is 2.06 bits per heavy atom. The molecule has 1 aliphatic heterocycles. The van der Waals surface area contributed by atoms with Gasteiger partial charge >= 0.3 is 0 Å². The Balaban J connectivity index is 0.00000162. The Bertz CT molecular complexity index is 407. The lowest BCUT2D eigenvalue weighted by atomic mass is 9.95. The van der Waals surface area contributed by atoms with Crippen molar-refractivity contribution in [3.8, 4) is 0 Å². The first kappa shape index (κ1) is 15.0. The summed E-state index contributed by atoms with van der Waals surface area (Å²) in [5.41, 5.74) is 2.59. The van der Waals surface area contributed by atoms with Gasteiger partial charge in [0.1, 0.15) is 0 Å². The molecule has 18 heavy (non-hydrogen) atoms. The van der Waals surface area contributed by atoms with Gasteiger partial charge in [-0.15, -0.1) is 12.4 Å². The van der Waals surface area contributed by atoms with Crippen molar-refractivity contribution in [3.63, 3.8) is 0 Å². The van der Waals surface area contributed by atoms with Gasteiger partial charge in [0.15, 0.2) is 0 Å². The number of hydrogen-bond donors (Lipinski definition) is 2. The molecular weight excluding hydrogens is 248 g/mol. The molecule has 100 valence electrons. The van der Waals surface area contributed by atoms with E-state index < -0.39 is 0 Å². The normalized spacial score (nSPS) is 17.8. The van der Waals surface area contributed by atoms with Crippen LogP contribution in [-0.2, 0) is 17.8 Å². The van der Waals surface area contributed by atoms with Gasteiger partial charge in [-0.1, -0.05) is 38.1 Å². The van der Waals surface area contributed by atoms with Gasteiger partial charge in [0, 0.05) is 13.1 Å². The zero-order valence-electron chi connectivity index (χ0n) is 10.9. The predicted molar refractivity (Wildman–Crippen MR) is 75.9 cm³/mol. The van der Waals surface area contributed by atoms with Gasteiger partial charge in [0.25, 0.3) is 0 Å². The van der Waals surface area contributed by atoms with Crippen molar-refractivity contribution < 1.29 is 4.79 Å². The van der Waals surface area contributed by atoms with Crippen molar-refractivity contribution in [2.75, 3.05) is 6.54 Å². The van der Waals surface area contributed by atoms with E-state index in [0.717, 1.165) is 19.5 Å². The minimum atomic E-state index is -0.0800. The van der Waals surface area contributed by atoms with E-state index in [0.29, 0.717) is 5.92 Å². The van der Waals surface area contributed by atoms with Crippen LogP contribution < -0.4 is 10.6 Å². The molecule has 2 rings (SSSR count). The molecule has 1 aliphatic rings. The third kappa shape index (κ3) is 3.72. The van der Waals surface area contributed by atoms with Crippen LogP contribution in [0.1, 0.15) is 25.0 Å². The van der Waals surface area contributed by atoms with E-state index in [1.807, 2.05) is 12.1 Å². The van der Waals surface area contributed by atoms with Crippen LogP contribution in [0.3, 0.4) is 0 Å². The molecule has 0 saturated heterocycles. The van der Waals surface area contributed by atoms with Crippen LogP contribution in [0.25, 0.3) is 0 Å². The minimum Gasteiger partial charge on any atom is -0.354 e. The molecule has 1 atom stereocenters. The lowest BCUT2D eigenvalue weighted by Crippen LogP contribution is -2.48. The lowest BCUT2D eigenvalue weighted by molar-refractivity contribution is -0.123. The Kier molecular flexibility index (Phi) is 5.63. The summed E-state index contributed by atoms with van der Waals surface area (Å²) < 4.78 is 0. The molecule has 1 unspecified atom stereocenters. The first-order chi connectivity index (χ1) is 8.16. The van der Waals surface area contributed by atoms with E-state index >= 15 is 0 Å². The monoisotopic (exact) mass is 268 g/mol. The summed E-state index contributed by atoms with van der Waals surface area (Å²) in [7, 11) is 0. The number of amides is 1. The molecule has 0 radical (unpaired) electrons. The van der Waals surface area contributed by atoms with Crippen molar-refractivity contribution in [1.82, 2.24) is 10.6 Å². The van der Waals surface area contributed by atoms with Crippen LogP contribution >= 0.6 is 12.4 Å². The maximum atomic E-state index is 11.9. The number of rotatable bonds is 3. The highest BCUT2D eigenvalue weighted by Gasteiger charge is 2.23. The zero-order chi connectivity index (χ0) is 12.3. The molecule has 0 fully saturated rings. The van der Waals surface area contributed by atoms with Crippen molar-refractivity contribution in [3.05, 3.63) is 35.4 Å². The van der Waals surface area contributed by atoms with Gasteiger partial charge < -0.3 is 10.6 Å². The Hall–Kier alpha value is -1.06. The molecule has 0 spiro atoms. The van der Waals surface area contributed by atoms with Crippen LogP contribution in [0, 0.1) is 5.92 Å². The average molecular weight is 269 g/mol. The first-order valence-electron chi connectivity index (χ1n) is 6.24. The predicted octanol–water partition coefficient (Wildman–Crippen LogP) is 1.89. The highest BCUT2D eigenvalue weighted by atomic mass is 35.5. The second-order valence-electron chi connectivity index (χ2n) is 5.05. The summed E-state index contributed by atoms with van der Waals surface area (Å²) in [6.07, 6.45) is 0.792. The maximum absolute atomic E-state index is 11.9.